The zero-order valence-corrected chi connectivity index (χ0v) is 15.8. The average molecular weight is 368 g/mol. The van der Waals surface area contributed by atoms with Crippen molar-refractivity contribution in [1.29, 1.82) is 0 Å². The number of nitrogens with zero attached hydrogens (tertiary/aromatic N) is 4. The number of primary amides is 1. The van der Waals surface area contributed by atoms with Gasteiger partial charge in [0.2, 0.25) is 11.9 Å². The number of carbonyl (C=O) groups excluding carboxylic acids is 2. The molecule has 0 saturated carbocycles. The predicted octanol–water partition coefficient (Wildman–Crippen LogP) is 2.58. The van der Waals surface area contributed by atoms with Crippen molar-refractivity contribution in [1.82, 2.24) is 19.3 Å². The number of fused-ring (bicyclic) bond motifs is 1. The molecule has 0 unspecified atom stereocenters. The summed E-state index contributed by atoms with van der Waals surface area (Å²) in [5.74, 6) is -0.321. The van der Waals surface area contributed by atoms with Crippen molar-refractivity contribution in [2.75, 3.05) is 5.32 Å². The fourth-order valence-electron chi connectivity index (χ4n) is 3.06. The number of amides is 2. The molecule has 0 bridgehead atoms. The van der Waals surface area contributed by atoms with Crippen LogP contribution in [0.1, 0.15) is 53.7 Å². The number of hydrogen-bond donors (Lipinski definition) is 2. The summed E-state index contributed by atoms with van der Waals surface area (Å²) < 4.78 is 3.62. The van der Waals surface area contributed by atoms with Crippen molar-refractivity contribution in [2.24, 2.45) is 5.73 Å². The van der Waals surface area contributed by atoms with Crippen LogP contribution < -0.4 is 11.1 Å². The quantitative estimate of drug-likeness (QED) is 0.668. The minimum Gasteiger partial charge on any atom is -0.366 e. The van der Waals surface area contributed by atoms with Gasteiger partial charge in [-0.3, -0.25) is 19.6 Å². The van der Waals surface area contributed by atoms with Gasteiger partial charge in [0.15, 0.2) is 0 Å². The summed E-state index contributed by atoms with van der Waals surface area (Å²) in [5.41, 5.74) is 8.58. The monoisotopic (exact) mass is 368 g/mol. The van der Waals surface area contributed by atoms with Gasteiger partial charge < -0.3 is 10.3 Å². The number of anilines is 1. The van der Waals surface area contributed by atoms with Crippen molar-refractivity contribution in [3.8, 4) is 0 Å². The summed E-state index contributed by atoms with van der Waals surface area (Å²) >= 11 is 0. The van der Waals surface area contributed by atoms with E-state index in [-0.39, 0.29) is 5.91 Å². The van der Waals surface area contributed by atoms with E-state index in [2.05, 4.69) is 22.3 Å². The van der Waals surface area contributed by atoms with Crippen molar-refractivity contribution >= 4 is 28.8 Å². The topological polar surface area (TPSA) is 108 Å². The highest BCUT2D eigenvalue weighted by Gasteiger charge is 2.18. The Labute approximate surface area is 157 Å². The second-order valence-electron chi connectivity index (χ2n) is 6.30. The van der Waals surface area contributed by atoms with Crippen LogP contribution in [-0.2, 0) is 19.5 Å². The van der Waals surface area contributed by atoms with Crippen LogP contribution in [0, 0.1) is 0 Å². The maximum atomic E-state index is 12.8. The largest absolute Gasteiger partial charge is 0.366 e. The predicted molar refractivity (Wildman–Crippen MR) is 104 cm³/mol. The Kier molecular flexibility index (Phi) is 5.25. The molecule has 8 heteroatoms. The molecule has 2 amide bonds. The van der Waals surface area contributed by atoms with Gasteiger partial charge in [-0.15, -0.1) is 0 Å². The van der Waals surface area contributed by atoms with E-state index in [4.69, 9.17) is 5.73 Å². The van der Waals surface area contributed by atoms with Gasteiger partial charge in [0, 0.05) is 18.7 Å². The first-order valence-electron chi connectivity index (χ1n) is 9.16. The first-order chi connectivity index (χ1) is 13.0. The van der Waals surface area contributed by atoms with E-state index in [1.165, 1.54) is 0 Å². The maximum absolute atomic E-state index is 12.8. The molecule has 1 aromatic carbocycles. The molecule has 0 atom stereocenters. The molecule has 2 aromatic heterocycles. The standard InChI is InChI=1S/C19H24N6O2/c1-4-9-24-15-8-7-12(17(20)26)10-14(15)21-19(24)22-18(27)16-11-13(5-2)23-25(16)6-3/h7-8,10-11H,4-6,9H2,1-3H3,(H2,20,26)(H,21,22,27). The molecule has 2 heterocycles. The van der Waals surface area contributed by atoms with Crippen LogP contribution in [0.5, 0.6) is 0 Å². The van der Waals surface area contributed by atoms with Gasteiger partial charge in [-0.25, -0.2) is 4.98 Å². The molecule has 8 nitrogen and oxygen atoms in total. The van der Waals surface area contributed by atoms with Crippen LogP contribution in [0.25, 0.3) is 11.0 Å². The summed E-state index contributed by atoms with van der Waals surface area (Å²) in [4.78, 5) is 28.8. The number of aromatic nitrogens is 4. The van der Waals surface area contributed by atoms with Gasteiger partial charge in [-0.1, -0.05) is 13.8 Å². The molecule has 0 aliphatic heterocycles. The molecule has 0 spiro atoms. The van der Waals surface area contributed by atoms with Gasteiger partial charge in [0.05, 0.1) is 16.7 Å². The molecular formula is C19H24N6O2. The highest BCUT2D eigenvalue weighted by Crippen LogP contribution is 2.22. The number of carbonyl (C=O) groups is 2. The van der Waals surface area contributed by atoms with Crippen molar-refractivity contribution in [2.45, 2.75) is 46.7 Å². The van der Waals surface area contributed by atoms with Crippen molar-refractivity contribution in [3.63, 3.8) is 0 Å². The molecule has 3 N–H and O–H groups in total. The van der Waals surface area contributed by atoms with Crippen LogP contribution in [0.3, 0.4) is 0 Å². The molecular weight excluding hydrogens is 344 g/mol. The molecule has 3 rings (SSSR count). The van der Waals surface area contributed by atoms with Crippen LogP contribution in [-0.4, -0.2) is 31.1 Å². The lowest BCUT2D eigenvalue weighted by molar-refractivity contribution is 0.0996. The molecule has 0 aliphatic rings. The summed E-state index contributed by atoms with van der Waals surface area (Å²) in [6.45, 7) is 7.29. The number of benzene rings is 1. The van der Waals surface area contributed by atoms with E-state index >= 15 is 0 Å². The number of nitrogens with one attached hydrogen (secondary N) is 1. The van der Waals surface area contributed by atoms with Crippen LogP contribution in [0.15, 0.2) is 24.3 Å². The number of hydrogen-bond acceptors (Lipinski definition) is 4. The Hall–Kier alpha value is -3.16. The lowest BCUT2D eigenvalue weighted by atomic mass is 10.2. The highest BCUT2D eigenvalue weighted by molar-refractivity contribution is 6.03. The molecule has 0 fully saturated rings. The number of imidazole rings is 1. The molecule has 27 heavy (non-hydrogen) atoms. The average Bonchev–Trinajstić information content (AvgIpc) is 3.23. The maximum Gasteiger partial charge on any atom is 0.276 e. The fourth-order valence-corrected chi connectivity index (χ4v) is 3.06. The third-order valence-electron chi connectivity index (χ3n) is 4.43. The molecule has 0 aliphatic carbocycles. The SMILES string of the molecule is CCCn1c(NC(=O)c2cc(CC)nn2CC)nc2cc(C(N)=O)ccc21. The summed E-state index contributed by atoms with van der Waals surface area (Å²) in [5, 5.41) is 7.32. The molecule has 0 saturated heterocycles. The fraction of sp³-hybridized carbons (Fsp3) is 0.368. The number of rotatable bonds is 7. The smallest absolute Gasteiger partial charge is 0.276 e. The van der Waals surface area contributed by atoms with Crippen molar-refractivity contribution < 1.29 is 9.59 Å². The summed E-state index contributed by atoms with van der Waals surface area (Å²) in [6, 6.07) is 6.92. The van der Waals surface area contributed by atoms with Gasteiger partial charge in [-0.05, 0) is 44.0 Å². The van der Waals surface area contributed by atoms with Gasteiger partial charge >= 0.3 is 0 Å². The van der Waals surface area contributed by atoms with Gasteiger partial charge in [0.1, 0.15) is 5.69 Å². The van der Waals surface area contributed by atoms with E-state index in [1.807, 2.05) is 18.4 Å². The zero-order valence-electron chi connectivity index (χ0n) is 15.8. The Bertz CT molecular complexity index is 1000. The summed E-state index contributed by atoms with van der Waals surface area (Å²) in [7, 11) is 0. The van der Waals surface area contributed by atoms with Gasteiger partial charge in [0.25, 0.3) is 5.91 Å². The summed E-state index contributed by atoms with van der Waals surface area (Å²) in [6.07, 6.45) is 1.64. The first-order valence-corrected chi connectivity index (χ1v) is 9.16. The lowest BCUT2D eigenvalue weighted by Crippen LogP contribution is -2.20. The second-order valence-corrected chi connectivity index (χ2v) is 6.30. The minimum absolute atomic E-state index is 0.258. The second kappa shape index (κ2) is 7.61. The van der Waals surface area contributed by atoms with E-state index < -0.39 is 5.91 Å². The third kappa shape index (κ3) is 3.55. The Morgan fingerprint density at radius 3 is 2.59 bits per heavy atom. The van der Waals surface area contributed by atoms with E-state index in [0.29, 0.717) is 35.8 Å². The third-order valence-corrected chi connectivity index (χ3v) is 4.43. The lowest BCUT2D eigenvalue weighted by Gasteiger charge is -2.09. The van der Waals surface area contributed by atoms with Gasteiger partial charge in [-0.2, -0.15) is 5.10 Å². The molecule has 3 aromatic rings. The minimum atomic E-state index is -0.508. The molecule has 0 radical (unpaired) electrons. The number of nitrogens with two attached hydrogens (primary N) is 1. The normalized spacial score (nSPS) is 11.1. The Balaban J connectivity index is 2.00. The van der Waals surface area contributed by atoms with Crippen LogP contribution in [0.2, 0.25) is 0 Å². The van der Waals surface area contributed by atoms with Crippen LogP contribution in [0.4, 0.5) is 5.95 Å². The zero-order chi connectivity index (χ0) is 19.6. The number of aryl methyl sites for hydroxylation is 3. The van der Waals surface area contributed by atoms with E-state index in [9.17, 15) is 9.59 Å². The van der Waals surface area contributed by atoms with E-state index in [0.717, 1.165) is 24.1 Å². The highest BCUT2D eigenvalue weighted by atomic mass is 16.2. The first kappa shape index (κ1) is 18.6. The van der Waals surface area contributed by atoms with Crippen LogP contribution >= 0.6 is 0 Å². The Morgan fingerprint density at radius 1 is 1.19 bits per heavy atom. The molecule has 142 valence electrons. The Morgan fingerprint density at radius 2 is 1.96 bits per heavy atom. The van der Waals surface area contributed by atoms with Crippen molar-refractivity contribution in [3.05, 3.63) is 41.2 Å². The van der Waals surface area contributed by atoms with E-state index in [1.54, 1.807) is 28.9 Å².